The van der Waals surface area contributed by atoms with E-state index in [9.17, 15) is 0 Å². The second-order valence-corrected chi connectivity index (χ2v) is 19.4. The molecule has 0 aliphatic heterocycles. The predicted molar refractivity (Wildman–Crippen MR) is 231 cm³/mol. The molecule has 6 atom stereocenters. The highest BCUT2D eigenvalue weighted by Gasteiger charge is 2.61. The summed E-state index contributed by atoms with van der Waals surface area (Å²) in [6.07, 6.45) is 12.2. The molecular formula is C53H47NS. The van der Waals surface area contributed by atoms with E-state index in [-0.39, 0.29) is 10.8 Å². The molecule has 6 aromatic carbocycles. The zero-order chi connectivity index (χ0) is 36.0. The highest BCUT2D eigenvalue weighted by atomic mass is 32.1. The average Bonchev–Trinajstić information content (AvgIpc) is 3.96. The highest BCUT2D eigenvalue weighted by Crippen LogP contribution is 2.69. The van der Waals surface area contributed by atoms with Crippen molar-refractivity contribution in [1.82, 2.24) is 0 Å². The molecule has 5 saturated carbocycles. The molecular weight excluding hydrogens is 683 g/mol. The van der Waals surface area contributed by atoms with E-state index < -0.39 is 0 Å². The molecule has 1 nitrogen and oxygen atoms in total. The number of nitrogens with zero attached hydrogens (tertiary/aromatic N) is 1. The third-order valence-corrected chi connectivity index (χ3v) is 17.4. The van der Waals surface area contributed by atoms with E-state index in [1.165, 1.54) is 117 Å². The number of rotatable bonds is 3. The molecule has 4 bridgehead atoms. The largest absolute Gasteiger partial charge is 0.310 e. The lowest BCUT2D eigenvalue weighted by Gasteiger charge is -2.55. The Balaban J connectivity index is 1.08. The van der Waals surface area contributed by atoms with Crippen LogP contribution in [0.2, 0.25) is 0 Å². The van der Waals surface area contributed by atoms with Crippen molar-refractivity contribution in [3.63, 3.8) is 0 Å². The molecule has 14 rings (SSSR count). The van der Waals surface area contributed by atoms with Crippen LogP contribution in [0.5, 0.6) is 0 Å². The van der Waals surface area contributed by atoms with Gasteiger partial charge in [-0.3, -0.25) is 0 Å². The second kappa shape index (κ2) is 11.2. The van der Waals surface area contributed by atoms with Crippen molar-refractivity contribution in [2.75, 3.05) is 4.90 Å². The lowest BCUT2D eigenvalue weighted by atomic mass is 9.48. The molecule has 1 aromatic heterocycles. The number of hydrogen-bond donors (Lipinski definition) is 0. The van der Waals surface area contributed by atoms with Crippen molar-refractivity contribution in [2.45, 2.75) is 75.5 Å². The quantitative estimate of drug-likeness (QED) is 0.175. The van der Waals surface area contributed by atoms with Gasteiger partial charge in [-0.25, -0.2) is 0 Å². The van der Waals surface area contributed by atoms with E-state index in [1.807, 2.05) is 11.3 Å². The molecule has 5 unspecified atom stereocenters. The molecule has 55 heavy (non-hydrogen) atoms. The lowest BCUT2D eigenvalue weighted by molar-refractivity contribution is 0.0174. The van der Waals surface area contributed by atoms with E-state index in [2.05, 4.69) is 139 Å². The van der Waals surface area contributed by atoms with Crippen LogP contribution in [0.25, 0.3) is 42.4 Å². The molecule has 0 N–H and O–H groups in total. The van der Waals surface area contributed by atoms with Crippen LogP contribution in [-0.2, 0) is 10.8 Å². The van der Waals surface area contributed by atoms with Gasteiger partial charge in [-0.05, 0) is 162 Å². The Kier molecular flexibility index (Phi) is 6.44. The normalized spacial score (nSPS) is 27.5. The predicted octanol–water partition coefficient (Wildman–Crippen LogP) is 14.7. The van der Waals surface area contributed by atoms with E-state index >= 15 is 0 Å². The average molecular weight is 730 g/mol. The fourth-order valence-corrected chi connectivity index (χ4v) is 15.4. The van der Waals surface area contributed by atoms with E-state index in [0.29, 0.717) is 11.8 Å². The summed E-state index contributed by atoms with van der Waals surface area (Å²) in [6.45, 7) is 2.64. The summed E-state index contributed by atoms with van der Waals surface area (Å²) in [7, 11) is 0. The zero-order valence-electron chi connectivity index (χ0n) is 31.7. The van der Waals surface area contributed by atoms with Gasteiger partial charge in [0.05, 0.1) is 5.69 Å². The molecule has 1 heterocycles. The van der Waals surface area contributed by atoms with Gasteiger partial charge in [0.1, 0.15) is 0 Å². The first-order valence-electron chi connectivity index (χ1n) is 21.3. The van der Waals surface area contributed by atoms with Crippen molar-refractivity contribution in [2.24, 2.45) is 29.6 Å². The lowest BCUT2D eigenvalue weighted by Crippen LogP contribution is -2.51. The Morgan fingerprint density at radius 2 is 1.29 bits per heavy atom. The molecule has 7 aliphatic rings. The van der Waals surface area contributed by atoms with Gasteiger partial charge in [-0.2, -0.15) is 0 Å². The van der Waals surface area contributed by atoms with Gasteiger partial charge in [0.2, 0.25) is 0 Å². The standard InChI is InChI=1S/C53H47NS/c1-32-34-19-20-35-28-33(27-34)29-46(32)53(35)45-15-6-3-11-38(45)40-23-21-37(31-47(40)53)54(48-16-10-18-50-51(48)41-13-4-7-17-49(41)55-50)36-22-24-44-42(30-36)39-12-2-5-14-43(39)52(44)25-8-9-26-52/h2-7,10-18,21-24,30-35,46H,8-9,19-20,25-29H2,1H3/t32-,33?,34?,35?,46?,53?/m0/s1. The Bertz CT molecular complexity index is 2730. The van der Waals surface area contributed by atoms with Crippen LogP contribution in [0.4, 0.5) is 17.1 Å². The Hall–Kier alpha value is -4.66. The maximum Gasteiger partial charge on any atom is 0.0554 e. The number of hydrogen-bond acceptors (Lipinski definition) is 2. The van der Waals surface area contributed by atoms with Gasteiger partial charge in [0.25, 0.3) is 0 Å². The van der Waals surface area contributed by atoms with Crippen LogP contribution in [0, 0.1) is 29.6 Å². The summed E-state index contributed by atoms with van der Waals surface area (Å²) in [5.74, 6) is 3.95. The summed E-state index contributed by atoms with van der Waals surface area (Å²) in [5, 5.41) is 2.73. The summed E-state index contributed by atoms with van der Waals surface area (Å²) in [4.78, 5) is 2.66. The van der Waals surface area contributed by atoms with Gasteiger partial charge < -0.3 is 4.90 Å². The maximum atomic E-state index is 2.71. The summed E-state index contributed by atoms with van der Waals surface area (Å²) >= 11 is 1.93. The summed E-state index contributed by atoms with van der Waals surface area (Å²) < 4.78 is 2.72. The highest BCUT2D eigenvalue weighted by molar-refractivity contribution is 7.26. The third kappa shape index (κ3) is 4.00. The Labute approximate surface area is 329 Å². The van der Waals surface area contributed by atoms with Gasteiger partial charge >= 0.3 is 0 Å². The third-order valence-electron chi connectivity index (χ3n) is 16.3. The van der Waals surface area contributed by atoms with Crippen molar-refractivity contribution in [3.8, 4) is 22.3 Å². The van der Waals surface area contributed by atoms with Gasteiger partial charge in [0.15, 0.2) is 0 Å². The molecule has 270 valence electrons. The van der Waals surface area contributed by atoms with E-state index in [4.69, 9.17) is 0 Å². The molecule has 7 aromatic rings. The molecule has 5 fully saturated rings. The first-order chi connectivity index (χ1) is 27.1. The van der Waals surface area contributed by atoms with Crippen molar-refractivity contribution >= 4 is 48.6 Å². The van der Waals surface area contributed by atoms with Crippen LogP contribution < -0.4 is 4.90 Å². The van der Waals surface area contributed by atoms with Crippen LogP contribution in [0.15, 0.2) is 127 Å². The first kappa shape index (κ1) is 31.5. The first-order valence-corrected chi connectivity index (χ1v) is 22.1. The number of benzene rings is 6. The van der Waals surface area contributed by atoms with Crippen molar-refractivity contribution in [3.05, 3.63) is 150 Å². The van der Waals surface area contributed by atoms with Crippen LogP contribution >= 0.6 is 11.3 Å². The molecule has 0 saturated heterocycles. The molecule has 0 radical (unpaired) electrons. The number of thiophene rings is 1. The molecule has 0 amide bonds. The van der Waals surface area contributed by atoms with Gasteiger partial charge in [-0.15, -0.1) is 11.3 Å². The second-order valence-electron chi connectivity index (χ2n) is 18.4. The Morgan fingerprint density at radius 1 is 0.582 bits per heavy atom. The van der Waals surface area contributed by atoms with E-state index in [1.54, 1.807) is 22.3 Å². The molecule has 2 spiro atoms. The minimum atomic E-state index is 0.0888. The van der Waals surface area contributed by atoms with Crippen molar-refractivity contribution < 1.29 is 0 Å². The van der Waals surface area contributed by atoms with E-state index in [0.717, 1.165) is 17.8 Å². The minimum absolute atomic E-state index is 0.0888. The fraction of sp³-hybridized carbons (Fsp3) is 0.321. The Morgan fingerprint density at radius 3 is 2.18 bits per heavy atom. The monoisotopic (exact) mass is 729 g/mol. The van der Waals surface area contributed by atoms with Crippen LogP contribution in [0.1, 0.15) is 87.0 Å². The topological polar surface area (TPSA) is 3.24 Å². The SMILES string of the molecule is C[C@H]1C2CCC3CC(C2)CC1C31c2ccccc2-c2ccc(N(c3ccc4c(c3)-c3ccccc3C43CCCC3)c3cccc4sc5ccccc5c34)cc21. The van der Waals surface area contributed by atoms with Gasteiger partial charge in [0, 0.05) is 42.4 Å². The number of anilines is 3. The number of fused-ring (bicyclic) bond motifs is 12. The fourth-order valence-electron chi connectivity index (χ4n) is 14.3. The zero-order valence-corrected chi connectivity index (χ0v) is 32.5. The smallest absolute Gasteiger partial charge is 0.0554 e. The van der Waals surface area contributed by atoms with Gasteiger partial charge in [-0.1, -0.05) is 105 Å². The van der Waals surface area contributed by atoms with Crippen molar-refractivity contribution in [1.29, 1.82) is 0 Å². The summed E-state index contributed by atoms with van der Waals surface area (Å²) in [6, 6.07) is 50.3. The van der Waals surface area contributed by atoms with Crippen LogP contribution in [-0.4, -0.2) is 0 Å². The molecule has 7 aliphatic carbocycles. The summed E-state index contributed by atoms with van der Waals surface area (Å²) in [5.41, 5.74) is 16.4. The molecule has 2 heteroatoms. The van der Waals surface area contributed by atoms with Crippen LogP contribution in [0.3, 0.4) is 0 Å². The maximum absolute atomic E-state index is 2.71. The minimum Gasteiger partial charge on any atom is -0.310 e.